The van der Waals surface area contributed by atoms with Gasteiger partial charge in [0.25, 0.3) is 0 Å². The molecule has 0 unspecified atom stereocenters. The van der Waals surface area contributed by atoms with Gasteiger partial charge >= 0.3 is 0 Å². The van der Waals surface area contributed by atoms with Gasteiger partial charge in [-0.2, -0.15) is 5.10 Å². The summed E-state index contributed by atoms with van der Waals surface area (Å²) >= 11 is 6.16. The number of benzene rings is 2. The van der Waals surface area contributed by atoms with Gasteiger partial charge in [-0.15, -0.1) is 0 Å². The van der Waals surface area contributed by atoms with Crippen molar-refractivity contribution in [2.75, 3.05) is 11.9 Å². The molecule has 0 aliphatic heterocycles. The predicted octanol–water partition coefficient (Wildman–Crippen LogP) is 4.92. The number of aromatic nitrogens is 4. The summed E-state index contributed by atoms with van der Waals surface area (Å²) in [7, 11) is 0. The minimum atomic E-state index is 0.640. The minimum absolute atomic E-state index is 0.640. The maximum absolute atomic E-state index is 6.16. The average Bonchev–Trinajstić information content (AvgIpc) is 3.10. The van der Waals surface area contributed by atoms with Gasteiger partial charge in [0, 0.05) is 10.7 Å². The topological polar surface area (TPSA) is 64.9 Å². The van der Waals surface area contributed by atoms with Crippen LogP contribution in [0, 0.1) is 6.92 Å². The molecule has 0 aliphatic rings. The highest BCUT2D eigenvalue weighted by Gasteiger charge is 2.13. The average molecular weight is 380 g/mol. The first-order valence-electron chi connectivity index (χ1n) is 8.61. The summed E-state index contributed by atoms with van der Waals surface area (Å²) in [6.07, 6.45) is 3.28. The number of hydrogen-bond acceptors (Lipinski definition) is 5. The third kappa shape index (κ3) is 3.44. The highest BCUT2D eigenvalue weighted by molar-refractivity contribution is 6.30. The lowest BCUT2D eigenvalue weighted by Crippen LogP contribution is -2.01. The Morgan fingerprint density at radius 3 is 2.70 bits per heavy atom. The van der Waals surface area contributed by atoms with Gasteiger partial charge in [0.05, 0.1) is 23.9 Å². The summed E-state index contributed by atoms with van der Waals surface area (Å²) in [5.41, 5.74) is 3.57. The van der Waals surface area contributed by atoms with Crippen LogP contribution in [-0.2, 0) is 0 Å². The summed E-state index contributed by atoms with van der Waals surface area (Å²) in [4.78, 5) is 8.79. The van der Waals surface area contributed by atoms with Crippen molar-refractivity contribution >= 4 is 34.1 Å². The van der Waals surface area contributed by atoms with Crippen LogP contribution < -0.4 is 10.1 Å². The van der Waals surface area contributed by atoms with Crippen LogP contribution in [-0.4, -0.2) is 26.4 Å². The quantitative estimate of drug-likeness (QED) is 0.533. The van der Waals surface area contributed by atoms with Crippen molar-refractivity contribution < 1.29 is 4.74 Å². The summed E-state index contributed by atoms with van der Waals surface area (Å²) in [5, 5.41) is 9.30. The van der Waals surface area contributed by atoms with Crippen molar-refractivity contribution in [3.8, 4) is 11.4 Å². The first-order chi connectivity index (χ1) is 13.2. The Kier molecular flexibility index (Phi) is 4.64. The zero-order chi connectivity index (χ0) is 18.8. The molecule has 4 aromatic rings. The van der Waals surface area contributed by atoms with Gasteiger partial charge in [-0.25, -0.2) is 14.6 Å². The van der Waals surface area contributed by atoms with Crippen molar-refractivity contribution in [3.63, 3.8) is 0 Å². The highest BCUT2D eigenvalue weighted by Crippen LogP contribution is 2.27. The van der Waals surface area contributed by atoms with E-state index in [0.29, 0.717) is 23.1 Å². The number of anilines is 2. The number of halogens is 1. The smallest absolute Gasteiger partial charge is 0.168 e. The van der Waals surface area contributed by atoms with Crippen molar-refractivity contribution in [1.29, 1.82) is 0 Å². The molecular formula is C20H18ClN5O. The molecule has 2 aromatic heterocycles. The molecule has 0 aliphatic carbocycles. The molecule has 1 N–H and O–H groups in total. The Hall–Kier alpha value is -3.12. The van der Waals surface area contributed by atoms with Crippen molar-refractivity contribution in [1.82, 2.24) is 19.7 Å². The second-order valence-electron chi connectivity index (χ2n) is 6.03. The van der Waals surface area contributed by atoms with E-state index in [-0.39, 0.29) is 0 Å². The summed E-state index contributed by atoms with van der Waals surface area (Å²) < 4.78 is 7.26. The van der Waals surface area contributed by atoms with Crippen LogP contribution in [0.25, 0.3) is 16.7 Å². The number of ether oxygens (including phenoxy) is 1. The molecule has 0 spiro atoms. The van der Waals surface area contributed by atoms with E-state index in [1.165, 1.54) is 6.33 Å². The van der Waals surface area contributed by atoms with Gasteiger partial charge in [0.2, 0.25) is 0 Å². The van der Waals surface area contributed by atoms with E-state index in [0.717, 1.165) is 28.1 Å². The second kappa shape index (κ2) is 7.25. The van der Waals surface area contributed by atoms with Crippen LogP contribution in [0.2, 0.25) is 5.02 Å². The summed E-state index contributed by atoms with van der Waals surface area (Å²) in [5.74, 6) is 1.52. The first-order valence-corrected chi connectivity index (χ1v) is 8.98. The molecule has 0 bridgehead atoms. The van der Waals surface area contributed by atoms with Crippen molar-refractivity contribution in [3.05, 3.63) is 65.6 Å². The number of aryl methyl sites for hydroxylation is 1. The molecule has 2 heterocycles. The van der Waals surface area contributed by atoms with Crippen LogP contribution in [0.1, 0.15) is 12.5 Å². The van der Waals surface area contributed by atoms with Gasteiger partial charge in [-0.3, -0.25) is 0 Å². The fraction of sp³-hybridized carbons (Fsp3) is 0.150. The molecule has 0 fully saturated rings. The van der Waals surface area contributed by atoms with Crippen LogP contribution in [0.3, 0.4) is 0 Å². The van der Waals surface area contributed by atoms with Gasteiger partial charge in [0.1, 0.15) is 17.9 Å². The Morgan fingerprint density at radius 2 is 1.93 bits per heavy atom. The van der Waals surface area contributed by atoms with Gasteiger partial charge in [-0.05, 0) is 55.8 Å². The predicted molar refractivity (Wildman–Crippen MR) is 107 cm³/mol. The standard InChI is InChI=1S/C20H18ClN5O/c1-3-27-16-8-6-15(7-9-16)25-19-17-11-24-26(20(17)23-12-22-19)18-10-14(21)5-4-13(18)2/h4-12H,3H2,1-2H3,(H,22,23,25). The van der Waals surface area contributed by atoms with E-state index in [1.807, 2.05) is 56.3 Å². The normalized spacial score (nSPS) is 10.9. The monoisotopic (exact) mass is 379 g/mol. The number of fused-ring (bicyclic) bond motifs is 1. The molecule has 27 heavy (non-hydrogen) atoms. The van der Waals surface area contributed by atoms with Crippen LogP contribution in [0.5, 0.6) is 5.75 Å². The third-order valence-corrected chi connectivity index (χ3v) is 4.43. The molecule has 7 heteroatoms. The highest BCUT2D eigenvalue weighted by atomic mass is 35.5. The number of hydrogen-bond donors (Lipinski definition) is 1. The molecule has 136 valence electrons. The lowest BCUT2D eigenvalue weighted by molar-refractivity contribution is 0.340. The Morgan fingerprint density at radius 1 is 1.11 bits per heavy atom. The number of nitrogens with one attached hydrogen (secondary N) is 1. The minimum Gasteiger partial charge on any atom is -0.494 e. The van der Waals surface area contributed by atoms with E-state index in [9.17, 15) is 0 Å². The lowest BCUT2D eigenvalue weighted by atomic mass is 10.2. The molecule has 4 rings (SSSR count). The van der Waals surface area contributed by atoms with Crippen molar-refractivity contribution in [2.45, 2.75) is 13.8 Å². The Bertz CT molecular complexity index is 1090. The molecule has 0 atom stereocenters. The fourth-order valence-corrected chi connectivity index (χ4v) is 3.03. The SMILES string of the molecule is CCOc1ccc(Nc2ncnc3c2cnn3-c2cc(Cl)ccc2C)cc1. The molecule has 0 saturated carbocycles. The lowest BCUT2D eigenvalue weighted by Gasteiger charge is -2.09. The van der Waals surface area contributed by atoms with E-state index < -0.39 is 0 Å². The second-order valence-corrected chi connectivity index (χ2v) is 6.47. The summed E-state index contributed by atoms with van der Waals surface area (Å²) in [6, 6.07) is 13.4. The fourth-order valence-electron chi connectivity index (χ4n) is 2.87. The Labute approximate surface area is 161 Å². The Balaban J connectivity index is 1.71. The van der Waals surface area contributed by atoms with Crippen molar-refractivity contribution in [2.24, 2.45) is 0 Å². The largest absolute Gasteiger partial charge is 0.494 e. The zero-order valence-electron chi connectivity index (χ0n) is 15.0. The maximum Gasteiger partial charge on any atom is 0.168 e. The maximum atomic E-state index is 6.16. The molecule has 0 amide bonds. The van der Waals surface area contributed by atoms with Crippen LogP contribution in [0.15, 0.2) is 55.0 Å². The molecule has 2 aromatic carbocycles. The van der Waals surface area contributed by atoms with E-state index in [2.05, 4.69) is 20.4 Å². The van der Waals surface area contributed by atoms with Gasteiger partial charge in [0.15, 0.2) is 5.65 Å². The van der Waals surface area contributed by atoms with Crippen LogP contribution >= 0.6 is 11.6 Å². The summed E-state index contributed by atoms with van der Waals surface area (Å²) in [6.45, 7) is 4.62. The van der Waals surface area contributed by atoms with E-state index >= 15 is 0 Å². The van der Waals surface area contributed by atoms with Crippen LogP contribution in [0.4, 0.5) is 11.5 Å². The molecule has 0 saturated heterocycles. The zero-order valence-corrected chi connectivity index (χ0v) is 15.7. The molecule has 6 nitrogen and oxygen atoms in total. The number of rotatable bonds is 5. The van der Waals surface area contributed by atoms with E-state index in [4.69, 9.17) is 16.3 Å². The first kappa shape index (κ1) is 17.3. The number of nitrogens with zero attached hydrogens (tertiary/aromatic N) is 4. The third-order valence-electron chi connectivity index (χ3n) is 4.19. The van der Waals surface area contributed by atoms with Gasteiger partial charge < -0.3 is 10.1 Å². The van der Waals surface area contributed by atoms with Gasteiger partial charge in [-0.1, -0.05) is 17.7 Å². The van der Waals surface area contributed by atoms with E-state index in [1.54, 1.807) is 10.9 Å². The molecular weight excluding hydrogens is 362 g/mol. The molecule has 0 radical (unpaired) electrons.